The molecule has 0 aliphatic heterocycles. The molecule has 2 rings (SSSR count). The molecule has 1 fully saturated rings. The normalized spacial score (nSPS) is 20.9. The number of benzene rings is 1. The van der Waals surface area contributed by atoms with Gasteiger partial charge in [-0.05, 0) is 37.3 Å². The summed E-state index contributed by atoms with van der Waals surface area (Å²) in [6.45, 7) is 4.77. The zero-order valence-corrected chi connectivity index (χ0v) is 14.9. The molecule has 1 amide bonds. The molecule has 5 heteroatoms. The Bertz CT molecular complexity index is 547. The van der Waals surface area contributed by atoms with Gasteiger partial charge < -0.3 is 14.8 Å². The van der Waals surface area contributed by atoms with Crippen molar-refractivity contribution in [3.63, 3.8) is 0 Å². The van der Waals surface area contributed by atoms with E-state index in [1.165, 1.54) is 19.3 Å². The smallest absolute Gasteiger partial charge is 0.251 e. The molecular weight excluding hydrogens is 314 g/mol. The zero-order valence-electron chi connectivity index (χ0n) is 14.2. The van der Waals surface area contributed by atoms with Gasteiger partial charge in [0.05, 0.1) is 18.7 Å². The van der Waals surface area contributed by atoms with Crippen LogP contribution in [0.15, 0.2) is 12.1 Å². The first-order valence-corrected chi connectivity index (χ1v) is 8.75. The quantitative estimate of drug-likeness (QED) is 0.833. The number of hydrogen-bond acceptors (Lipinski definition) is 3. The molecule has 1 N–H and O–H groups in total. The second-order valence-electron chi connectivity index (χ2n) is 6.18. The highest BCUT2D eigenvalue weighted by atomic mass is 35.5. The third-order valence-electron chi connectivity index (χ3n) is 4.37. The van der Waals surface area contributed by atoms with Crippen molar-refractivity contribution in [2.24, 2.45) is 5.92 Å². The van der Waals surface area contributed by atoms with E-state index >= 15 is 0 Å². The predicted molar refractivity (Wildman–Crippen MR) is 92.7 cm³/mol. The Kier molecular flexibility index (Phi) is 6.58. The molecular formula is C18H26ClNO3. The molecule has 1 aromatic rings. The van der Waals surface area contributed by atoms with E-state index in [-0.39, 0.29) is 11.9 Å². The van der Waals surface area contributed by atoms with Gasteiger partial charge in [-0.2, -0.15) is 0 Å². The van der Waals surface area contributed by atoms with Gasteiger partial charge in [-0.3, -0.25) is 4.79 Å². The van der Waals surface area contributed by atoms with Crippen LogP contribution in [0.5, 0.6) is 11.5 Å². The lowest BCUT2D eigenvalue weighted by Crippen LogP contribution is -2.41. The summed E-state index contributed by atoms with van der Waals surface area (Å²) in [4.78, 5) is 12.5. The van der Waals surface area contributed by atoms with E-state index in [2.05, 4.69) is 12.2 Å². The standard InChI is InChI=1S/C18H26ClNO3/c1-4-9-23-17-14(19)10-13(11-16(17)22-3)18(21)20-15-8-6-5-7-12(15)2/h10-12,15H,4-9H2,1-3H3,(H,20,21). The molecule has 23 heavy (non-hydrogen) atoms. The first-order chi connectivity index (χ1) is 11.1. The first-order valence-electron chi connectivity index (χ1n) is 8.38. The number of halogens is 1. The lowest BCUT2D eigenvalue weighted by molar-refractivity contribution is 0.0910. The fourth-order valence-corrected chi connectivity index (χ4v) is 3.24. The highest BCUT2D eigenvalue weighted by Gasteiger charge is 2.24. The number of rotatable bonds is 6. The molecule has 0 bridgehead atoms. The molecule has 2 unspecified atom stereocenters. The minimum Gasteiger partial charge on any atom is -0.493 e. The van der Waals surface area contributed by atoms with Gasteiger partial charge in [-0.25, -0.2) is 0 Å². The van der Waals surface area contributed by atoms with Gasteiger partial charge >= 0.3 is 0 Å². The maximum atomic E-state index is 12.5. The van der Waals surface area contributed by atoms with Crippen molar-refractivity contribution in [2.75, 3.05) is 13.7 Å². The Morgan fingerprint density at radius 1 is 1.35 bits per heavy atom. The molecule has 0 heterocycles. The van der Waals surface area contributed by atoms with Crippen LogP contribution in [0.3, 0.4) is 0 Å². The molecule has 1 aliphatic rings. The van der Waals surface area contributed by atoms with Crippen molar-refractivity contribution < 1.29 is 14.3 Å². The summed E-state index contributed by atoms with van der Waals surface area (Å²) in [6, 6.07) is 3.58. The summed E-state index contributed by atoms with van der Waals surface area (Å²) < 4.78 is 11.0. The molecule has 0 saturated heterocycles. The molecule has 0 radical (unpaired) electrons. The minimum atomic E-state index is -0.106. The van der Waals surface area contributed by atoms with Gasteiger partial charge in [0.15, 0.2) is 11.5 Å². The molecule has 0 aromatic heterocycles. The van der Waals surface area contributed by atoms with Crippen LogP contribution in [-0.4, -0.2) is 25.7 Å². The minimum absolute atomic E-state index is 0.106. The maximum Gasteiger partial charge on any atom is 0.251 e. The van der Waals surface area contributed by atoms with Crippen LogP contribution in [0, 0.1) is 5.92 Å². The van der Waals surface area contributed by atoms with Crippen LogP contribution in [-0.2, 0) is 0 Å². The topological polar surface area (TPSA) is 47.6 Å². The van der Waals surface area contributed by atoms with E-state index in [9.17, 15) is 4.79 Å². The van der Waals surface area contributed by atoms with Gasteiger partial charge in [0.1, 0.15) is 0 Å². The van der Waals surface area contributed by atoms with Crippen molar-refractivity contribution in [3.8, 4) is 11.5 Å². The number of methoxy groups -OCH3 is 1. The molecule has 2 atom stereocenters. The second kappa shape index (κ2) is 8.44. The highest BCUT2D eigenvalue weighted by Crippen LogP contribution is 2.36. The summed E-state index contributed by atoms with van der Waals surface area (Å²) in [5.74, 6) is 1.40. The number of nitrogens with one attached hydrogen (secondary N) is 1. The van der Waals surface area contributed by atoms with Gasteiger partial charge in [-0.1, -0.05) is 38.3 Å². The maximum absolute atomic E-state index is 12.5. The van der Waals surface area contributed by atoms with Gasteiger partial charge in [-0.15, -0.1) is 0 Å². The van der Waals surface area contributed by atoms with Gasteiger partial charge in [0.25, 0.3) is 5.91 Å². The lowest BCUT2D eigenvalue weighted by Gasteiger charge is -2.29. The fraction of sp³-hybridized carbons (Fsp3) is 0.611. The Morgan fingerprint density at radius 3 is 2.74 bits per heavy atom. The summed E-state index contributed by atoms with van der Waals surface area (Å²) >= 11 is 6.28. The van der Waals surface area contributed by atoms with Crippen LogP contribution in [0.4, 0.5) is 0 Å². The molecule has 1 aromatic carbocycles. The SMILES string of the molecule is CCCOc1c(Cl)cc(C(=O)NC2CCCCC2C)cc1OC. The van der Waals surface area contributed by atoms with Crippen molar-refractivity contribution in [3.05, 3.63) is 22.7 Å². The van der Waals surface area contributed by atoms with Gasteiger partial charge in [0, 0.05) is 11.6 Å². The number of carbonyl (C=O) groups excluding carboxylic acids is 1. The van der Waals surface area contributed by atoms with Crippen molar-refractivity contribution in [2.45, 2.75) is 52.0 Å². The predicted octanol–water partition coefficient (Wildman–Crippen LogP) is 4.45. The van der Waals surface area contributed by atoms with Crippen LogP contribution < -0.4 is 14.8 Å². The number of amides is 1. The van der Waals surface area contributed by atoms with E-state index < -0.39 is 0 Å². The highest BCUT2D eigenvalue weighted by molar-refractivity contribution is 6.32. The van der Waals surface area contributed by atoms with Crippen LogP contribution in [0.2, 0.25) is 5.02 Å². The number of hydrogen-bond donors (Lipinski definition) is 1. The average molecular weight is 340 g/mol. The number of ether oxygens (including phenoxy) is 2. The Labute approximate surface area is 143 Å². The Balaban J connectivity index is 2.15. The average Bonchev–Trinajstić information content (AvgIpc) is 2.55. The Hall–Kier alpha value is -1.42. The summed E-state index contributed by atoms with van der Waals surface area (Å²) in [5, 5.41) is 3.53. The van der Waals surface area contributed by atoms with Crippen LogP contribution in [0.25, 0.3) is 0 Å². The van der Waals surface area contributed by atoms with Crippen LogP contribution >= 0.6 is 11.6 Å². The van der Waals surface area contributed by atoms with Crippen molar-refractivity contribution in [1.82, 2.24) is 5.32 Å². The van der Waals surface area contributed by atoms with E-state index in [4.69, 9.17) is 21.1 Å². The Morgan fingerprint density at radius 2 is 2.09 bits per heavy atom. The summed E-state index contributed by atoms with van der Waals surface area (Å²) in [7, 11) is 1.55. The monoisotopic (exact) mass is 339 g/mol. The van der Waals surface area contributed by atoms with Crippen molar-refractivity contribution >= 4 is 17.5 Å². The third-order valence-corrected chi connectivity index (χ3v) is 4.65. The largest absolute Gasteiger partial charge is 0.493 e. The van der Waals surface area contributed by atoms with Gasteiger partial charge in [0.2, 0.25) is 0 Å². The van der Waals surface area contributed by atoms with E-state index in [0.29, 0.717) is 34.6 Å². The number of carbonyl (C=O) groups is 1. The molecule has 1 aliphatic carbocycles. The molecule has 0 spiro atoms. The molecule has 128 valence electrons. The third kappa shape index (κ3) is 4.54. The first kappa shape index (κ1) is 17.9. The molecule has 4 nitrogen and oxygen atoms in total. The van der Waals surface area contributed by atoms with E-state index in [0.717, 1.165) is 12.8 Å². The zero-order chi connectivity index (χ0) is 16.8. The fourth-order valence-electron chi connectivity index (χ4n) is 2.98. The summed E-state index contributed by atoms with van der Waals surface area (Å²) in [6.07, 6.45) is 5.50. The molecule has 1 saturated carbocycles. The van der Waals surface area contributed by atoms with Crippen molar-refractivity contribution in [1.29, 1.82) is 0 Å². The van der Waals surface area contributed by atoms with E-state index in [1.54, 1.807) is 19.2 Å². The summed E-state index contributed by atoms with van der Waals surface area (Å²) in [5.41, 5.74) is 0.508. The van der Waals surface area contributed by atoms with Crippen LogP contribution in [0.1, 0.15) is 56.3 Å². The second-order valence-corrected chi connectivity index (χ2v) is 6.59. The van der Waals surface area contributed by atoms with E-state index in [1.807, 2.05) is 6.92 Å². The lowest BCUT2D eigenvalue weighted by atomic mass is 9.86.